The fraction of sp³-hybridized carbons (Fsp3) is 0.133. The fourth-order valence-corrected chi connectivity index (χ4v) is 2.77. The van der Waals surface area contributed by atoms with E-state index in [1.54, 1.807) is 5.01 Å². The highest BCUT2D eigenvalue weighted by Crippen LogP contribution is 2.34. The van der Waals surface area contributed by atoms with Crippen LogP contribution in [0.25, 0.3) is 0 Å². The number of halogens is 1. The number of para-hydroxylation sites is 1. The Hall–Kier alpha value is -2.21. The van der Waals surface area contributed by atoms with E-state index < -0.39 is 0 Å². The number of nitrogens with zero attached hydrogens (tertiary/aromatic N) is 5. The summed E-state index contributed by atoms with van der Waals surface area (Å²) in [7, 11) is 0. The first-order valence-electron chi connectivity index (χ1n) is 6.64. The Morgan fingerprint density at radius 2 is 1.86 bits per heavy atom. The lowest BCUT2D eigenvalue weighted by atomic mass is 10.1. The summed E-state index contributed by atoms with van der Waals surface area (Å²) in [6.07, 6.45) is 0. The van der Waals surface area contributed by atoms with E-state index in [0.717, 1.165) is 21.8 Å². The number of hydrogen-bond donors (Lipinski definition) is 0. The third-order valence-electron chi connectivity index (χ3n) is 3.58. The highest BCUT2D eigenvalue weighted by Gasteiger charge is 2.31. The van der Waals surface area contributed by atoms with Crippen LogP contribution < -0.4 is 5.01 Å². The van der Waals surface area contributed by atoms with Gasteiger partial charge in [0, 0.05) is 4.47 Å². The maximum absolute atomic E-state index is 4.76. The molecule has 0 saturated heterocycles. The molecule has 0 unspecified atom stereocenters. The summed E-state index contributed by atoms with van der Waals surface area (Å²) >= 11 is 3.44. The molecule has 104 valence electrons. The second-order valence-corrected chi connectivity index (χ2v) is 5.93. The number of fused-ring (bicyclic) bond motifs is 2. The zero-order chi connectivity index (χ0) is 14.4. The van der Waals surface area contributed by atoms with Crippen molar-refractivity contribution in [3.8, 4) is 0 Å². The lowest BCUT2D eigenvalue weighted by molar-refractivity contribution is 0.427. The predicted molar refractivity (Wildman–Crippen MR) is 85.3 cm³/mol. The first-order valence-corrected chi connectivity index (χ1v) is 7.44. The molecule has 0 aliphatic carbocycles. The number of benzene rings is 2. The van der Waals surface area contributed by atoms with Crippen molar-refractivity contribution < 1.29 is 0 Å². The molecule has 4 rings (SSSR count). The van der Waals surface area contributed by atoms with E-state index in [0.29, 0.717) is 6.54 Å². The smallest absolute Gasteiger partial charge is 0.211 e. The van der Waals surface area contributed by atoms with Gasteiger partial charge in [-0.05, 0) is 52.8 Å². The molecule has 21 heavy (non-hydrogen) atoms. The maximum Gasteiger partial charge on any atom is 0.251 e. The monoisotopic (exact) mass is 341 g/mol. The highest BCUT2D eigenvalue weighted by molar-refractivity contribution is 9.10. The van der Waals surface area contributed by atoms with Crippen molar-refractivity contribution in [3.05, 3.63) is 58.1 Å². The lowest BCUT2D eigenvalue weighted by Crippen LogP contribution is -2.34. The molecule has 2 aliphatic heterocycles. The van der Waals surface area contributed by atoms with Gasteiger partial charge < -0.3 is 0 Å². The van der Waals surface area contributed by atoms with E-state index in [9.17, 15) is 0 Å². The Morgan fingerprint density at radius 3 is 2.67 bits per heavy atom. The van der Waals surface area contributed by atoms with Crippen LogP contribution in [-0.2, 0) is 6.54 Å². The average molecular weight is 342 g/mol. The summed E-state index contributed by atoms with van der Waals surface area (Å²) in [5.41, 5.74) is 4.32. The Labute approximate surface area is 130 Å². The molecule has 0 N–H and O–H groups in total. The molecule has 0 radical (unpaired) electrons. The van der Waals surface area contributed by atoms with Crippen molar-refractivity contribution in [2.75, 3.05) is 5.01 Å². The first kappa shape index (κ1) is 12.5. The molecule has 0 amide bonds. The van der Waals surface area contributed by atoms with Crippen molar-refractivity contribution in [1.29, 1.82) is 0 Å². The third kappa shape index (κ3) is 2.03. The maximum atomic E-state index is 4.76. The van der Waals surface area contributed by atoms with E-state index in [4.69, 9.17) is 4.99 Å². The van der Waals surface area contributed by atoms with Crippen molar-refractivity contribution in [1.82, 2.24) is 5.01 Å². The standard InChI is InChI=1S/C15H12BrN5/c1-10-3-2-4-11-9-20-15(17-14(10)11)21(19-18-20)13-7-5-12(16)6-8-13/h2-8H,9H2,1H3. The molecule has 0 aromatic heterocycles. The van der Waals surface area contributed by atoms with E-state index >= 15 is 0 Å². The third-order valence-corrected chi connectivity index (χ3v) is 4.11. The Bertz CT molecular complexity index is 766. The SMILES string of the molecule is Cc1cccc2c1N=C1N(C2)N=NN1c1ccc(Br)cc1. The van der Waals surface area contributed by atoms with Crippen LogP contribution in [0.5, 0.6) is 0 Å². The van der Waals surface area contributed by atoms with Crippen LogP contribution in [0.1, 0.15) is 11.1 Å². The number of rotatable bonds is 1. The zero-order valence-electron chi connectivity index (χ0n) is 11.4. The molecule has 0 fully saturated rings. The van der Waals surface area contributed by atoms with Gasteiger partial charge in [-0.1, -0.05) is 34.1 Å². The van der Waals surface area contributed by atoms with Gasteiger partial charge in [-0.3, -0.25) is 0 Å². The van der Waals surface area contributed by atoms with Crippen molar-refractivity contribution >= 4 is 33.3 Å². The predicted octanol–water partition coefficient (Wildman–Crippen LogP) is 4.36. The number of aryl methyl sites for hydroxylation is 1. The molecule has 2 heterocycles. The minimum Gasteiger partial charge on any atom is -0.211 e. The van der Waals surface area contributed by atoms with Crippen LogP contribution in [0.15, 0.2) is 62.4 Å². The molecule has 0 atom stereocenters. The normalized spacial score (nSPS) is 15.8. The van der Waals surface area contributed by atoms with Gasteiger partial charge in [0.05, 0.1) is 17.9 Å². The van der Waals surface area contributed by atoms with E-state index in [1.807, 2.05) is 35.3 Å². The Morgan fingerprint density at radius 1 is 1.05 bits per heavy atom. The number of hydrogen-bond acceptors (Lipinski definition) is 5. The van der Waals surface area contributed by atoms with Gasteiger partial charge in [-0.25, -0.2) is 10.0 Å². The van der Waals surface area contributed by atoms with Gasteiger partial charge in [0.1, 0.15) is 0 Å². The number of guanidine groups is 1. The minimum atomic E-state index is 0.701. The van der Waals surface area contributed by atoms with Gasteiger partial charge in [0.15, 0.2) is 0 Å². The van der Waals surface area contributed by atoms with Crippen LogP contribution in [0, 0.1) is 6.92 Å². The molecular weight excluding hydrogens is 330 g/mol. The van der Waals surface area contributed by atoms with Gasteiger partial charge >= 0.3 is 0 Å². The summed E-state index contributed by atoms with van der Waals surface area (Å²) in [6, 6.07) is 14.2. The molecule has 0 saturated carbocycles. The summed E-state index contributed by atoms with van der Waals surface area (Å²) in [4.78, 5) is 4.76. The Kier molecular flexibility index (Phi) is 2.78. The quantitative estimate of drug-likeness (QED) is 0.773. The summed E-state index contributed by atoms with van der Waals surface area (Å²) in [5, 5.41) is 12.0. The van der Waals surface area contributed by atoms with Gasteiger partial charge in [0.25, 0.3) is 5.96 Å². The number of aliphatic imine (C=N–C) groups is 1. The summed E-state index contributed by atoms with van der Waals surface area (Å²) in [6.45, 7) is 2.78. The highest BCUT2D eigenvalue weighted by atomic mass is 79.9. The molecular formula is C15H12BrN5. The second kappa shape index (κ2) is 4.66. The van der Waals surface area contributed by atoms with E-state index in [-0.39, 0.29) is 0 Å². The fourth-order valence-electron chi connectivity index (χ4n) is 2.50. The van der Waals surface area contributed by atoms with Crippen LogP contribution in [0.4, 0.5) is 11.4 Å². The van der Waals surface area contributed by atoms with Crippen molar-refractivity contribution in [2.45, 2.75) is 13.5 Å². The van der Waals surface area contributed by atoms with E-state index in [2.05, 4.69) is 45.4 Å². The van der Waals surface area contributed by atoms with Gasteiger partial charge in [-0.15, -0.1) is 0 Å². The van der Waals surface area contributed by atoms with Crippen molar-refractivity contribution in [3.63, 3.8) is 0 Å². The minimum absolute atomic E-state index is 0.701. The molecule has 6 heteroatoms. The summed E-state index contributed by atoms with van der Waals surface area (Å²) in [5.74, 6) is 0.749. The van der Waals surface area contributed by atoms with Crippen LogP contribution in [0.3, 0.4) is 0 Å². The molecule has 0 bridgehead atoms. The molecule has 5 nitrogen and oxygen atoms in total. The zero-order valence-corrected chi connectivity index (χ0v) is 12.9. The molecule has 2 aliphatic rings. The van der Waals surface area contributed by atoms with Crippen LogP contribution in [-0.4, -0.2) is 11.0 Å². The lowest BCUT2D eigenvalue weighted by Gasteiger charge is -2.24. The largest absolute Gasteiger partial charge is 0.251 e. The van der Waals surface area contributed by atoms with Crippen LogP contribution in [0.2, 0.25) is 0 Å². The van der Waals surface area contributed by atoms with Gasteiger partial charge in [0.2, 0.25) is 0 Å². The Balaban J connectivity index is 1.79. The molecule has 2 aromatic rings. The topological polar surface area (TPSA) is 43.6 Å². The van der Waals surface area contributed by atoms with Crippen molar-refractivity contribution in [2.24, 2.45) is 15.4 Å². The molecule has 0 spiro atoms. The summed E-state index contributed by atoms with van der Waals surface area (Å²) < 4.78 is 1.03. The average Bonchev–Trinajstić information content (AvgIpc) is 2.90. The van der Waals surface area contributed by atoms with Crippen LogP contribution >= 0.6 is 15.9 Å². The van der Waals surface area contributed by atoms with E-state index in [1.165, 1.54) is 11.1 Å². The first-order chi connectivity index (χ1) is 10.2. The second-order valence-electron chi connectivity index (χ2n) is 5.02. The molecule has 2 aromatic carbocycles. The van der Waals surface area contributed by atoms with Gasteiger partial charge in [-0.2, -0.15) is 5.01 Å². The number of anilines is 1.